The molecular weight excluding hydrogens is 396 g/mol. The van der Waals surface area contributed by atoms with Crippen molar-refractivity contribution in [1.82, 2.24) is 9.97 Å². The molecule has 8 heteroatoms. The van der Waals surface area contributed by atoms with Crippen LogP contribution in [0.3, 0.4) is 0 Å². The number of anilines is 1. The zero-order valence-corrected chi connectivity index (χ0v) is 17.9. The van der Waals surface area contributed by atoms with E-state index in [1.54, 1.807) is 12.1 Å². The van der Waals surface area contributed by atoms with Gasteiger partial charge in [-0.15, -0.1) is 11.3 Å². The average Bonchev–Trinajstić information content (AvgIpc) is 3.03. The second kappa shape index (κ2) is 8.41. The third-order valence-corrected chi connectivity index (χ3v) is 5.27. The van der Waals surface area contributed by atoms with Crippen molar-refractivity contribution < 1.29 is 4.92 Å². The van der Waals surface area contributed by atoms with Crippen LogP contribution in [0, 0.1) is 22.0 Å². The summed E-state index contributed by atoms with van der Waals surface area (Å²) in [6.07, 6.45) is 0. The number of halogens is 1. The van der Waals surface area contributed by atoms with E-state index in [0.717, 1.165) is 40.3 Å². The predicted octanol–water partition coefficient (Wildman–Crippen LogP) is 6.04. The lowest BCUT2D eigenvalue weighted by molar-refractivity contribution is -0.384. The molecule has 0 bridgehead atoms. The van der Waals surface area contributed by atoms with E-state index in [2.05, 4.69) is 42.6 Å². The second-order valence-corrected chi connectivity index (χ2v) is 8.84. The third-order valence-electron chi connectivity index (χ3n) is 4.23. The van der Waals surface area contributed by atoms with Gasteiger partial charge in [-0.25, -0.2) is 4.98 Å². The molecule has 0 aliphatic heterocycles. The van der Waals surface area contributed by atoms with Crippen LogP contribution in [0.4, 0.5) is 11.5 Å². The lowest BCUT2D eigenvalue weighted by Gasteiger charge is -2.28. The van der Waals surface area contributed by atoms with Crippen molar-refractivity contribution in [2.24, 2.45) is 11.8 Å². The lowest BCUT2D eigenvalue weighted by atomic mass is 10.0. The van der Waals surface area contributed by atoms with Crippen molar-refractivity contribution in [2.75, 3.05) is 18.0 Å². The minimum Gasteiger partial charge on any atom is -0.355 e. The van der Waals surface area contributed by atoms with Gasteiger partial charge in [0, 0.05) is 36.2 Å². The highest BCUT2D eigenvalue weighted by atomic mass is 35.5. The van der Waals surface area contributed by atoms with Crippen LogP contribution in [-0.2, 0) is 0 Å². The average molecular weight is 419 g/mol. The van der Waals surface area contributed by atoms with Gasteiger partial charge in [0.1, 0.15) is 10.6 Å². The molecule has 3 aromatic rings. The molecule has 0 saturated heterocycles. The van der Waals surface area contributed by atoms with Crippen molar-refractivity contribution in [3.8, 4) is 11.1 Å². The van der Waals surface area contributed by atoms with Crippen molar-refractivity contribution in [3.05, 3.63) is 45.0 Å². The first-order chi connectivity index (χ1) is 13.3. The molecule has 148 valence electrons. The van der Waals surface area contributed by atoms with Gasteiger partial charge in [-0.3, -0.25) is 10.1 Å². The summed E-state index contributed by atoms with van der Waals surface area (Å²) in [5, 5.41) is 14.3. The number of rotatable bonds is 7. The van der Waals surface area contributed by atoms with Crippen LogP contribution in [0.15, 0.2) is 29.6 Å². The Balaban J connectivity index is 2.21. The smallest absolute Gasteiger partial charge is 0.270 e. The van der Waals surface area contributed by atoms with Gasteiger partial charge in [-0.05, 0) is 29.0 Å². The fourth-order valence-corrected chi connectivity index (χ4v) is 4.41. The highest BCUT2D eigenvalue weighted by molar-refractivity contribution is 7.17. The summed E-state index contributed by atoms with van der Waals surface area (Å²) in [7, 11) is 0. The van der Waals surface area contributed by atoms with Gasteiger partial charge in [0.15, 0.2) is 0 Å². The molecule has 28 heavy (non-hydrogen) atoms. The molecule has 0 amide bonds. The normalized spacial score (nSPS) is 11.5. The van der Waals surface area contributed by atoms with E-state index < -0.39 is 0 Å². The maximum atomic E-state index is 11.2. The van der Waals surface area contributed by atoms with Gasteiger partial charge in [0.25, 0.3) is 5.69 Å². The number of aromatic nitrogens is 2. The van der Waals surface area contributed by atoms with Gasteiger partial charge < -0.3 is 4.90 Å². The zero-order chi connectivity index (χ0) is 20.4. The maximum Gasteiger partial charge on any atom is 0.270 e. The fraction of sp³-hybridized carbons (Fsp3) is 0.400. The number of non-ortho nitro benzene ring substituents is 1. The molecule has 2 aromatic heterocycles. The van der Waals surface area contributed by atoms with Crippen LogP contribution in [0.1, 0.15) is 27.7 Å². The Kier molecular flexibility index (Phi) is 6.15. The Bertz CT molecular complexity index is 993. The number of thiophene rings is 1. The van der Waals surface area contributed by atoms with Gasteiger partial charge in [-0.2, -0.15) is 4.98 Å². The monoisotopic (exact) mass is 418 g/mol. The van der Waals surface area contributed by atoms with E-state index in [4.69, 9.17) is 11.6 Å². The molecule has 0 spiro atoms. The summed E-state index contributed by atoms with van der Waals surface area (Å²) in [4.78, 5) is 22.8. The lowest BCUT2D eigenvalue weighted by Crippen LogP contribution is -2.32. The van der Waals surface area contributed by atoms with Gasteiger partial charge in [0.2, 0.25) is 5.28 Å². The van der Waals surface area contributed by atoms with Crippen LogP contribution in [-0.4, -0.2) is 28.0 Å². The van der Waals surface area contributed by atoms with Crippen LogP contribution >= 0.6 is 22.9 Å². The first-order valence-corrected chi connectivity index (χ1v) is 10.5. The summed E-state index contributed by atoms with van der Waals surface area (Å²) >= 11 is 7.71. The number of nitro benzene ring substituents is 1. The molecule has 0 radical (unpaired) electrons. The van der Waals surface area contributed by atoms with Crippen molar-refractivity contribution >= 4 is 44.7 Å². The number of hydrogen-bond acceptors (Lipinski definition) is 6. The molecule has 0 unspecified atom stereocenters. The number of nitro groups is 1. The molecule has 2 heterocycles. The summed E-state index contributed by atoms with van der Waals surface area (Å²) in [6.45, 7) is 10.4. The second-order valence-electron chi connectivity index (χ2n) is 7.65. The largest absolute Gasteiger partial charge is 0.355 e. The summed E-state index contributed by atoms with van der Waals surface area (Å²) in [5.74, 6) is 1.69. The van der Waals surface area contributed by atoms with Crippen molar-refractivity contribution in [3.63, 3.8) is 0 Å². The van der Waals surface area contributed by atoms with E-state index in [1.807, 2.05) is 11.4 Å². The molecule has 0 N–H and O–H groups in total. The van der Waals surface area contributed by atoms with Gasteiger partial charge in [-0.1, -0.05) is 39.8 Å². The minimum absolute atomic E-state index is 0.0644. The summed E-state index contributed by atoms with van der Waals surface area (Å²) in [6, 6.07) is 6.67. The highest BCUT2D eigenvalue weighted by Crippen LogP contribution is 2.40. The Morgan fingerprint density at radius 3 is 2.46 bits per heavy atom. The van der Waals surface area contributed by atoms with E-state index in [1.165, 1.54) is 17.4 Å². The Morgan fingerprint density at radius 1 is 1.18 bits per heavy atom. The van der Waals surface area contributed by atoms with Crippen LogP contribution in [0.25, 0.3) is 21.3 Å². The predicted molar refractivity (Wildman–Crippen MR) is 116 cm³/mol. The first kappa shape index (κ1) is 20.5. The van der Waals surface area contributed by atoms with E-state index in [-0.39, 0.29) is 15.9 Å². The number of hydrogen-bond donors (Lipinski definition) is 0. The molecule has 0 saturated carbocycles. The molecule has 0 fully saturated rings. The Morgan fingerprint density at radius 2 is 1.86 bits per heavy atom. The maximum absolute atomic E-state index is 11.2. The standard InChI is InChI=1S/C20H23ClN4O2S/c1-12(2)9-24(10-13(3)4)18-17-16(11-28-19(17)23-20(21)22-18)14-6-5-7-15(8-14)25(26)27/h5-8,11-13H,9-10H2,1-4H3. The van der Waals surface area contributed by atoms with Gasteiger partial charge >= 0.3 is 0 Å². The summed E-state index contributed by atoms with van der Waals surface area (Å²) in [5.41, 5.74) is 1.74. The molecule has 0 atom stereocenters. The zero-order valence-electron chi connectivity index (χ0n) is 16.3. The van der Waals surface area contributed by atoms with Crippen molar-refractivity contribution in [1.29, 1.82) is 0 Å². The van der Waals surface area contributed by atoms with E-state index in [0.29, 0.717) is 11.8 Å². The number of benzene rings is 1. The number of nitrogens with zero attached hydrogens (tertiary/aromatic N) is 4. The molecular formula is C20H23ClN4O2S. The molecule has 6 nitrogen and oxygen atoms in total. The van der Waals surface area contributed by atoms with Crippen LogP contribution in [0.2, 0.25) is 5.28 Å². The minimum atomic E-state index is -0.379. The van der Waals surface area contributed by atoms with Gasteiger partial charge in [0.05, 0.1) is 10.3 Å². The highest BCUT2D eigenvalue weighted by Gasteiger charge is 2.21. The molecule has 0 aliphatic rings. The third kappa shape index (κ3) is 4.42. The summed E-state index contributed by atoms with van der Waals surface area (Å²) < 4.78 is 0. The van der Waals surface area contributed by atoms with E-state index >= 15 is 0 Å². The number of fused-ring (bicyclic) bond motifs is 1. The molecule has 1 aromatic carbocycles. The fourth-order valence-electron chi connectivity index (χ4n) is 3.26. The Hall–Kier alpha value is -2.25. The first-order valence-electron chi connectivity index (χ1n) is 9.20. The molecule has 0 aliphatic carbocycles. The Labute approximate surface area is 173 Å². The van der Waals surface area contributed by atoms with Crippen molar-refractivity contribution in [2.45, 2.75) is 27.7 Å². The SMILES string of the molecule is CC(C)CN(CC(C)C)c1nc(Cl)nc2scc(-c3cccc([N+](=O)[O-])c3)c12. The molecule has 3 rings (SSSR count). The van der Waals surface area contributed by atoms with E-state index in [9.17, 15) is 10.1 Å². The van der Waals surface area contributed by atoms with Crippen LogP contribution in [0.5, 0.6) is 0 Å². The van der Waals surface area contributed by atoms with Crippen LogP contribution < -0.4 is 4.90 Å². The quantitative estimate of drug-likeness (QED) is 0.265. The topological polar surface area (TPSA) is 72.2 Å².